The molecular formula is C38H63NaO3S. The van der Waals surface area contributed by atoms with Gasteiger partial charge < -0.3 is 4.55 Å². The molecule has 0 N–H and O–H groups in total. The summed E-state index contributed by atoms with van der Waals surface area (Å²) in [4.78, 5) is -0.0133. The van der Waals surface area contributed by atoms with E-state index in [2.05, 4.69) is 19.9 Å². The Labute approximate surface area is 288 Å². The van der Waals surface area contributed by atoms with E-state index in [1.165, 1.54) is 140 Å². The average Bonchev–Trinajstić information content (AvgIpc) is 2.97. The van der Waals surface area contributed by atoms with Crippen LogP contribution in [0, 0.1) is 0 Å². The Morgan fingerprint density at radius 2 is 0.884 bits per heavy atom. The van der Waals surface area contributed by atoms with Gasteiger partial charge in [0.2, 0.25) is 0 Å². The average molecular weight is 623 g/mol. The fraction of sp³-hybridized carbons (Fsp3) is 0.737. The van der Waals surface area contributed by atoms with Gasteiger partial charge in [-0.25, -0.2) is 8.42 Å². The van der Waals surface area contributed by atoms with Crippen LogP contribution in [0.4, 0.5) is 0 Å². The first kappa shape index (κ1) is 40.6. The Morgan fingerprint density at radius 3 is 1.28 bits per heavy atom. The molecule has 0 amide bonds. The number of hydrogen-bond acceptors (Lipinski definition) is 3. The van der Waals surface area contributed by atoms with Gasteiger partial charge in [-0.05, 0) is 59.7 Å². The van der Waals surface area contributed by atoms with Gasteiger partial charge in [0.25, 0.3) is 0 Å². The predicted molar refractivity (Wildman–Crippen MR) is 181 cm³/mol. The van der Waals surface area contributed by atoms with Gasteiger partial charge in [-0.1, -0.05) is 173 Å². The summed E-state index contributed by atoms with van der Waals surface area (Å²) in [6.07, 6.45) is 33.0. The quantitative estimate of drug-likeness (QED) is 0.0567. The topological polar surface area (TPSA) is 57.2 Å². The minimum atomic E-state index is -4.49. The Kier molecular flexibility index (Phi) is 24.3. The Balaban J connectivity index is 0.00000924. The molecule has 0 fully saturated rings. The van der Waals surface area contributed by atoms with Crippen LogP contribution < -0.4 is 29.6 Å². The van der Waals surface area contributed by atoms with Crippen LogP contribution in [0.25, 0.3) is 10.8 Å². The third kappa shape index (κ3) is 18.4. The minimum Gasteiger partial charge on any atom is -0.744 e. The van der Waals surface area contributed by atoms with Crippen LogP contribution >= 0.6 is 0 Å². The third-order valence-electron chi connectivity index (χ3n) is 9.02. The minimum absolute atomic E-state index is 0. The number of benzene rings is 2. The molecule has 2 rings (SSSR count). The molecule has 0 aromatic heterocycles. The van der Waals surface area contributed by atoms with Crippen LogP contribution in [-0.4, -0.2) is 13.0 Å². The summed E-state index contributed by atoms with van der Waals surface area (Å²) in [6, 6.07) is 9.79. The summed E-state index contributed by atoms with van der Waals surface area (Å²) in [5.41, 5.74) is 2.00. The largest absolute Gasteiger partial charge is 1.00 e. The van der Waals surface area contributed by atoms with E-state index >= 15 is 0 Å². The maximum Gasteiger partial charge on any atom is 1.00 e. The van der Waals surface area contributed by atoms with Crippen LogP contribution in [0.2, 0.25) is 0 Å². The molecule has 2 aromatic rings. The summed E-state index contributed by atoms with van der Waals surface area (Å²) in [6.45, 7) is 4.54. The van der Waals surface area contributed by atoms with E-state index in [0.717, 1.165) is 36.5 Å². The molecule has 2 aromatic carbocycles. The van der Waals surface area contributed by atoms with Crippen molar-refractivity contribution < 1.29 is 42.5 Å². The van der Waals surface area contributed by atoms with Gasteiger partial charge in [-0.15, -0.1) is 0 Å². The fourth-order valence-electron chi connectivity index (χ4n) is 6.37. The van der Waals surface area contributed by atoms with Crippen molar-refractivity contribution in [3.8, 4) is 0 Å². The second-order valence-electron chi connectivity index (χ2n) is 12.8. The van der Waals surface area contributed by atoms with Crippen LogP contribution in [0.1, 0.15) is 179 Å². The monoisotopic (exact) mass is 622 g/mol. The third-order valence-corrected chi connectivity index (χ3v) is 9.94. The molecule has 0 aliphatic carbocycles. The van der Waals surface area contributed by atoms with Crippen molar-refractivity contribution in [1.82, 2.24) is 0 Å². The van der Waals surface area contributed by atoms with Gasteiger partial charge >= 0.3 is 29.6 Å². The second-order valence-corrected chi connectivity index (χ2v) is 14.2. The van der Waals surface area contributed by atoms with E-state index in [1.54, 1.807) is 6.07 Å². The Bertz CT molecular complexity index is 1070. The normalized spacial score (nSPS) is 11.7. The number of unbranched alkanes of at least 4 members (excludes halogenated alkanes) is 22. The molecule has 0 atom stereocenters. The summed E-state index contributed by atoms with van der Waals surface area (Å²) in [7, 11) is -4.49. The van der Waals surface area contributed by atoms with Crippen LogP contribution in [-0.2, 0) is 23.0 Å². The van der Waals surface area contributed by atoms with Crippen molar-refractivity contribution in [2.24, 2.45) is 0 Å². The van der Waals surface area contributed by atoms with Gasteiger partial charge in [-0.2, -0.15) is 0 Å². The molecular weight excluding hydrogens is 559 g/mol. The number of rotatable bonds is 27. The Morgan fingerprint density at radius 1 is 0.512 bits per heavy atom. The van der Waals surface area contributed by atoms with E-state index in [4.69, 9.17) is 0 Å². The molecule has 0 spiro atoms. The second kappa shape index (κ2) is 25.8. The molecule has 43 heavy (non-hydrogen) atoms. The smallest absolute Gasteiger partial charge is 0.744 e. The summed E-state index contributed by atoms with van der Waals surface area (Å²) in [5.74, 6) is 0. The van der Waals surface area contributed by atoms with Crippen molar-refractivity contribution in [1.29, 1.82) is 0 Å². The first-order valence-electron chi connectivity index (χ1n) is 18.0. The zero-order chi connectivity index (χ0) is 30.3. The van der Waals surface area contributed by atoms with Crippen LogP contribution in [0.5, 0.6) is 0 Å². The number of hydrogen-bond donors (Lipinski definition) is 0. The molecule has 0 aliphatic heterocycles. The Hall–Kier alpha value is -0.390. The summed E-state index contributed by atoms with van der Waals surface area (Å²) in [5, 5.41) is 2.00. The standard InChI is InChI=1S/C38H64O3S.Na/c1-3-5-7-9-11-13-15-17-19-21-23-25-28-34-30-27-31-35-33-38(42(39,40)41)36(32-37(34)35)29-26-24-22-20-18-16-14-12-10-8-6-4-2;/h27,30-33H,3-26,28-29H2,1-2H3,(H,39,40,41);/q;+1/p-1. The molecule has 0 saturated carbocycles. The van der Waals surface area contributed by atoms with E-state index in [1.807, 2.05) is 18.2 Å². The van der Waals surface area contributed by atoms with Crippen LogP contribution in [0.15, 0.2) is 35.2 Å². The van der Waals surface area contributed by atoms with Gasteiger partial charge in [-0.3, -0.25) is 0 Å². The van der Waals surface area contributed by atoms with Crippen molar-refractivity contribution >= 4 is 20.9 Å². The zero-order valence-electron chi connectivity index (χ0n) is 28.4. The van der Waals surface area contributed by atoms with Crippen LogP contribution in [0.3, 0.4) is 0 Å². The molecule has 0 heterocycles. The first-order chi connectivity index (χ1) is 20.5. The van der Waals surface area contributed by atoms with E-state index < -0.39 is 10.1 Å². The van der Waals surface area contributed by atoms with Gasteiger partial charge in [0.1, 0.15) is 10.1 Å². The molecule has 0 saturated heterocycles. The molecule has 0 bridgehead atoms. The molecule has 0 unspecified atom stereocenters. The molecule has 0 aliphatic rings. The molecule has 0 radical (unpaired) electrons. The maximum absolute atomic E-state index is 12.1. The first-order valence-corrected chi connectivity index (χ1v) is 19.4. The molecule has 5 heteroatoms. The maximum atomic E-state index is 12.1. The van der Waals surface area contributed by atoms with Gasteiger partial charge in [0, 0.05) is 0 Å². The van der Waals surface area contributed by atoms with E-state index in [0.29, 0.717) is 12.0 Å². The van der Waals surface area contributed by atoms with Crippen molar-refractivity contribution in [3.63, 3.8) is 0 Å². The predicted octanol–water partition coefficient (Wildman–Crippen LogP) is 9.24. The summed E-state index contributed by atoms with van der Waals surface area (Å²) >= 11 is 0. The van der Waals surface area contributed by atoms with E-state index in [-0.39, 0.29) is 34.5 Å². The number of aryl methyl sites for hydroxylation is 2. The van der Waals surface area contributed by atoms with Gasteiger partial charge in [0.15, 0.2) is 0 Å². The SMILES string of the molecule is CCCCCCCCCCCCCCc1cc2c(CCCCCCCCCCCCCC)cccc2cc1S(=O)(=O)[O-].[Na+]. The van der Waals surface area contributed by atoms with Crippen molar-refractivity contribution in [3.05, 3.63) is 41.5 Å². The van der Waals surface area contributed by atoms with Crippen molar-refractivity contribution in [2.45, 2.75) is 186 Å². The summed E-state index contributed by atoms with van der Waals surface area (Å²) < 4.78 is 36.4. The van der Waals surface area contributed by atoms with E-state index in [9.17, 15) is 13.0 Å². The van der Waals surface area contributed by atoms with Gasteiger partial charge in [0.05, 0.1) is 4.90 Å². The number of fused-ring (bicyclic) bond motifs is 1. The molecule has 3 nitrogen and oxygen atoms in total. The fourth-order valence-corrected chi connectivity index (χ4v) is 7.13. The van der Waals surface area contributed by atoms with Crippen molar-refractivity contribution in [2.75, 3.05) is 0 Å². The molecule has 240 valence electrons. The zero-order valence-corrected chi connectivity index (χ0v) is 31.2.